The van der Waals surface area contributed by atoms with E-state index in [-0.39, 0.29) is 28.8 Å². The van der Waals surface area contributed by atoms with Crippen LogP contribution >= 0.6 is 0 Å². The molecule has 8 atom stereocenters. The second kappa shape index (κ2) is 6.42. The highest BCUT2D eigenvalue weighted by atomic mass is 16.5. The van der Waals surface area contributed by atoms with E-state index >= 15 is 0 Å². The van der Waals surface area contributed by atoms with Crippen LogP contribution in [-0.4, -0.2) is 23.6 Å². The molecule has 4 saturated carbocycles. The maximum Gasteiger partial charge on any atom is 0.302 e. The number of carbonyl (C=O) groups excluding carboxylic acids is 3. The van der Waals surface area contributed by atoms with Crippen LogP contribution in [0.15, 0.2) is 0 Å². The number of Topliss-reactive ketones (excluding diaryl/α,β-unsaturated/α-hetero) is 2. The average Bonchev–Trinajstić information content (AvgIpc) is 2.91. The molecule has 4 fully saturated rings. The fourth-order valence-corrected chi connectivity index (χ4v) is 8.12. The summed E-state index contributed by atoms with van der Waals surface area (Å²) < 4.78 is 5.97. The molecule has 4 rings (SSSR count). The Hall–Kier alpha value is -1.19. The molecule has 0 unspecified atom stereocenters. The number of esters is 1. The number of ether oxygens (including phenoxy) is 1. The topological polar surface area (TPSA) is 60.4 Å². The Kier molecular flexibility index (Phi) is 4.55. The first-order valence-corrected chi connectivity index (χ1v) is 10.9. The normalized spacial score (nSPS) is 49.0. The van der Waals surface area contributed by atoms with Crippen LogP contribution in [-0.2, 0) is 19.1 Å². The third-order valence-electron chi connectivity index (χ3n) is 9.20. The highest BCUT2D eigenvalue weighted by Crippen LogP contribution is 2.67. The van der Waals surface area contributed by atoms with Gasteiger partial charge in [-0.2, -0.15) is 0 Å². The number of rotatable bonds is 2. The molecule has 4 nitrogen and oxygen atoms in total. The predicted molar refractivity (Wildman–Crippen MR) is 102 cm³/mol. The van der Waals surface area contributed by atoms with Gasteiger partial charge in [-0.15, -0.1) is 0 Å². The van der Waals surface area contributed by atoms with E-state index in [9.17, 15) is 14.4 Å². The Labute approximate surface area is 162 Å². The van der Waals surface area contributed by atoms with Gasteiger partial charge in [-0.1, -0.05) is 13.8 Å². The van der Waals surface area contributed by atoms with Gasteiger partial charge in [0, 0.05) is 31.6 Å². The van der Waals surface area contributed by atoms with E-state index in [2.05, 4.69) is 13.8 Å². The van der Waals surface area contributed by atoms with Crippen molar-refractivity contribution < 1.29 is 19.1 Å². The van der Waals surface area contributed by atoms with E-state index in [0.717, 1.165) is 38.5 Å². The molecule has 4 aliphatic carbocycles. The maximum atomic E-state index is 12.4. The third-order valence-corrected chi connectivity index (χ3v) is 9.20. The van der Waals surface area contributed by atoms with Crippen LogP contribution in [0.4, 0.5) is 0 Å². The van der Waals surface area contributed by atoms with E-state index < -0.39 is 0 Å². The van der Waals surface area contributed by atoms with Crippen LogP contribution in [0, 0.1) is 40.4 Å². The van der Waals surface area contributed by atoms with Gasteiger partial charge in [-0.3, -0.25) is 14.4 Å². The van der Waals surface area contributed by atoms with Crippen molar-refractivity contribution in [2.45, 2.75) is 85.2 Å². The van der Waals surface area contributed by atoms with Gasteiger partial charge in [0.2, 0.25) is 0 Å². The van der Waals surface area contributed by atoms with Gasteiger partial charge >= 0.3 is 5.97 Å². The maximum absolute atomic E-state index is 12.4. The summed E-state index contributed by atoms with van der Waals surface area (Å²) >= 11 is 0. The molecule has 0 amide bonds. The van der Waals surface area contributed by atoms with E-state index in [4.69, 9.17) is 4.74 Å². The minimum absolute atomic E-state index is 0.0548. The number of carbonyl (C=O) groups is 3. The Balaban J connectivity index is 1.73. The van der Waals surface area contributed by atoms with Crippen LogP contribution < -0.4 is 0 Å². The Morgan fingerprint density at radius 2 is 1.78 bits per heavy atom. The molecule has 0 radical (unpaired) electrons. The van der Waals surface area contributed by atoms with Crippen molar-refractivity contribution in [1.29, 1.82) is 0 Å². The fraction of sp³-hybridized carbons (Fsp3) is 0.870. The lowest BCUT2D eigenvalue weighted by molar-refractivity contribution is -0.193. The molecule has 0 aromatic heterocycles. The molecule has 0 N–H and O–H groups in total. The summed E-state index contributed by atoms with van der Waals surface area (Å²) in [5, 5.41) is 0. The van der Waals surface area contributed by atoms with Gasteiger partial charge in [0.1, 0.15) is 17.7 Å². The second-order valence-electron chi connectivity index (χ2n) is 10.4. The molecule has 0 aromatic rings. The molecule has 0 saturated heterocycles. The minimum Gasteiger partial charge on any atom is -0.462 e. The molecule has 0 bridgehead atoms. The highest BCUT2D eigenvalue weighted by molar-refractivity contribution is 5.80. The van der Waals surface area contributed by atoms with Gasteiger partial charge in [0.25, 0.3) is 0 Å². The molecular weight excluding hydrogens is 340 g/mol. The zero-order chi connectivity index (χ0) is 19.6. The second-order valence-corrected chi connectivity index (χ2v) is 10.4. The summed E-state index contributed by atoms with van der Waals surface area (Å²) in [4.78, 5) is 36.5. The Morgan fingerprint density at radius 3 is 2.44 bits per heavy atom. The predicted octanol–water partition coefficient (Wildman–Crippen LogP) is 4.35. The average molecular weight is 375 g/mol. The van der Waals surface area contributed by atoms with Crippen molar-refractivity contribution in [1.82, 2.24) is 0 Å². The van der Waals surface area contributed by atoms with Crippen molar-refractivity contribution in [3.63, 3.8) is 0 Å². The molecule has 4 heteroatoms. The Morgan fingerprint density at radius 1 is 1.04 bits per heavy atom. The largest absolute Gasteiger partial charge is 0.462 e. The number of ketones is 2. The summed E-state index contributed by atoms with van der Waals surface area (Å²) in [6, 6.07) is 0. The zero-order valence-corrected chi connectivity index (χ0v) is 17.3. The van der Waals surface area contributed by atoms with Crippen molar-refractivity contribution in [2.24, 2.45) is 40.4 Å². The van der Waals surface area contributed by atoms with E-state index in [1.165, 1.54) is 6.92 Å². The summed E-state index contributed by atoms with van der Waals surface area (Å²) in [5.41, 5.74) is 0.0212. The summed E-state index contributed by atoms with van der Waals surface area (Å²) in [6.07, 6.45) is 7.29. The lowest BCUT2D eigenvalue weighted by Crippen LogP contribution is -2.60. The van der Waals surface area contributed by atoms with Crippen LogP contribution in [0.5, 0.6) is 0 Å². The van der Waals surface area contributed by atoms with Crippen LogP contribution in [0.3, 0.4) is 0 Å². The number of fused-ring (bicyclic) bond motifs is 5. The van der Waals surface area contributed by atoms with Gasteiger partial charge in [0.15, 0.2) is 0 Å². The van der Waals surface area contributed by atoms with Crippen molar-refractivity contribution in [3.05, 3.63) is 0 Å². The first-order valence-electron chi connectivity index (χ1n) is 10.9. The van der Waals surface area contributed by atoms with Crippen LogP contribution in [0.2, 0.25) is 0 Å². The number of hydrogen-bond acceptors (Lipinski definition) is 4. The highest BCUT2D eigenvalue weighted by Gasteiger charge is 2.64. The molecule has 0 heterocycles. The third kappa shape index (κ3) is 2.81. The lowest BCUT2D eigenvalue weighted by atomic mass is 9.44. The number of hydrogen-bond donors (Lipinski definition) is 0. The van der Waals surface area contributed by atoms with E-state index in [1.807, 2.05) is 0 Å². The molecule has 0 aliphatic heterocycles. The van der Waals surface area contributed by atoms with E-state index in [0.29, 0.717) is 48.1 Å². The molecule has 0 spiro atoms. The quantitative estimate of drug-likeness (QED) is 0.675. The molecule has 4 aliphatic rings. The standard InChI is InChI=1S/C23H34O4/c1-13(24)18-7-8-19-17-6-5-15-11-16(26)9-10-22(15,3)21(17)20(27-14(2)25)12-23(18,19)4/h15,17-21H,5-12H2,1-4H3/t15-,17-,18+,19-,20+,21+,22-,23+/m0/s1. The molecule has 150 valence electrons. The first kappa shape index (κ1) is 19.1. The fourth-order valence-electron chi connectivity index (χ4n) is 8.12. The lowest BCUT2D eigenvalue weighted by Gasteiger charge is -2.62. The van der Waals surface area contributed by atoms with Crippen LogP contribution in [0.1, 0.15) is 79.1 Å². The smallest absolute Gasteiger partial charge is 0.302 e. The minimum atomic E-state index is -0.212. The monoisotopic (exact) mass is 374 g/mol. The summed E-state index contributed by atoms with van der Waals surface area (Å²) in [6.45, 7) is 7.88. The Bertz CT molecular complexity index is 669. The first-order chi connectivity index (χ1) is 12.7. The van der Waals surface area contributed by atoms with Gasteiger partial charge < -0.3 is 4.74 Å². The molecular formula is C23H34O4. The van der Waals surface area contributed by atoms with Crippen LogP contribution in [0.25, 0.3) is 0 Å². The SMILES string of the molecule is CC(=O)O[C@@H]1C[C@]2(C)[C@@H](C(C)=O)CC[C@H]2[C@@H]2CC[C@H]3CC(=O)CC[C@]3(C)[C@H]21. The van der Waals surface area contributed by atoms with E-state index in [1.54, 1.807) is 6.92 Å². The molecule has 27 heavy (non-hydrogen) atoms. The molecule has 0 aromatic carbocycles. The van der Waals surface area contributed by atoms with Gasteiger partial charge in [-0.05, 0) is 74.0 Å². The van der Waals surface area contributed by atoms with Crippen molar-refractivity contribution in [2.75, 3.05) is 0 Å². The van der Waals surface area contributed by atoms with Gasteiger partial charge in [-0.25, -0.2) is 0 Å². The van der Waals surface area contributed by atoms with Crippen molar-refractivity contribution in [3.8, 4) is 0 Å². The summed E-state index contributed by atoms with van der Waals surface area (Å²) in [5.74, 6) is 2.38. The summed E-state index contributed by atoms with van der Waals surface area (Å²) in [7, 11) is 0. The van der Waals surface area contributed by atoms with Crippen molar-refractivity contribution >= 4 is 17.5 Å². The van der Waals surface area contributed by atoms with Gasteiger partial charge in [0.05, 0.1) is 0 Å². The zero-order valence-electron chi connectivity index (χ0n) is 17.3.